The van der Waals surface area contributed by atoms with Crippen molar-refractivity contribution < 1.29 is 28.5 Å². The highest BCUT2D eigenvalue weighted by molar-refractivity contribution is 5.96. The molecule has 0 saturated carbocycles. The van der Waals surface area contributed by atoms with Gasteiger partial charge >= 0.3 is 5.97 Å². The molecule has 1 aliphatic heterocycles. The Balaban J connectivity index is 2.48. The van der Waals surface area contributed by atoms with Gasteiger partial charge < -0.3 is 23.7 Å². The molecular weight excluding hydrogens is 276 g/mol. The van der Waals surface area contributed by atoms with Crippen LogP contribution in [0.1, 0.15) is 28.4 Å². The second-order valence-corrected chi connectivity index (χ2v) is 4.88. The lowest BCUT2D eigenvalue weighted by Gasteiger charge is -2.26. The summed E-state index contributed by atoms with van der Waals surface area (Å²) >= 11 is 0. The largest absolute Gasteiger partial charge is 0.467 e. The Hall–Kier alpha value is -1.79. The van der Waals surface area contributed by atoms with Gasteiger partial charge in [-0.1, -0.05) is 0 Å². The molecule has 1 aromatic carbocycles. The van der Waals surface area contributed by atoms with Crippen LogP contribution in [-0.2, 0) is 20.6 Å². The van der Waals surface area contributed by atoms with Crippen LogP contribution < -0.4 is 9.47 Å². The van der Waals surface area contributed by atoms with Crippen LogP contribution in [0.2, 0.25) is 0 Å². The van der Waals surface area contributed by atoms with E-state index in [0.29, 0.717) is 29.0 Å². The molecule has 1 aliphatic rings. The smallest absolute Gasteiger partial charge is 0.342 e. The van der Waals surface area contributed by atoms with Gasteiger partial charge in [0.05, 0.1) is 0 Å². The average Bonchev–Trinajstić information content (AvgIpc) is 2.44. The van der Waals surface area contributed by atoms with Crippen LogP contribution in [0, 0.1) is 6.92 Å². The molecule has 0 amide bonds. The first kappa shape index (κ1) is 15.6. The first-order valence-corrected chi connectivity index (χ1v) is 6.69. The van der Waals surface area contributed by atoms with Gasteiger partial charge in [0.1, 0.15) is 23.2 Å². The summed E-state index contributed by atoms with van der Waals surface area (Å²) in [5.74, 6) is 0.692. The highest BCUT2D eigenvalue weighted by Crippen LogP contribution is 2.38. The first-order valence-electron chi connectivity index (χ1n) is 6.69. The van der Waals surface area contributed by atoms with Gasteiger partial charge in [-0.25, -0.2) is 4.79 Å². The zero-order chi connectivity index (χ0) is 15.4. The van der Waals surface area contributed by atoms with Crippen molar-refractivity contribution in [3.63, 3.8) is 0 Å². The summed E-state index contributed by atoms with van der Waals surface area (Å²) < 4.78 is 26.3. The minimum Gasteiger partial charge on any atom is -0.467 e. The van der Waals surface area contributed by atoms with Crippen molar-refractivity contribution in [3.05, 3.63) is 22.8 Å². The normalized spacial score (nSPS) is 17.1. The zero-order valence-corrected chi connectivity index (χ0v) is 12.7. The van der Waals surface area contributed by atoms with Gasteiger partial charge in [0, 0.05) is 26.2 Å². The summed E-state index contributed by atoms with van der Waals surface area (Å²) in [5.41, 5.74) is 2.02. The number of carbonyl (C=O) groups excluding carboxylic acids is 1. The van der Waals surface area contributed by atoms with Gasteiger partial charge in [-0.05, 0) is 25.5 Å². The molecule has 6 nitrogen and oxygen atoms in total. The lowest BCUT2D eigenvalue weighted by molar-refractivity contribution is 0.0257. The monoisotopic (exact) mass is 296 g/mol. The lowest BCUT2D eigenvalue weighted by atomic mass is 9.95. The highest BCUT2D eigenvalue weighted by Gasteiger charge is 2.30. The molecule has 1 heterocycles. The van der Waals surface area contributed by atoms with Gasteiger partial charge in [0.25, 0.3) is 0 Å². The molecule has 1 unspecified atom stereocenters. The number of benzene rings is 1. The molecule has 0 bridgehead atoms. The van der Waals surface area contributed by atoms with Crippen molar-refractivity contribution in [2.24, 2.45) is 0 Å². The number of rotatable bonds is 6. The Morgan fingerprint density at radius 2 is 1.90 bits per heavy atom. The second kappa shape index (κ2) is 6.78. The second-order valence-electron chi connectivity index (χ2n) is 4.88. The third-order valence-corrected chi connectivity index (χ3v) is 3.24. The van der Waals surface area contributed by atoms with Crippen LogP contribution in [0.25, 0.3) is 0 Å². The van der Waals surface area contributed by atoms with Crippen molar-refractivity contribution in [1.82, 2.24) is 0 Å². The molecule has 0 aromatic heterocycles. The average molecular weight is 296 g/mol. The van der Waals surface area contributed by atoms with Crippen molar-refractivity contribution in [3.8, 4) is 11.5 Å². The molecule has 1 aromatic rings. The molecule has 0 aliphatic carbocycles. The summed E-state index contributed by atoms with van der Waals surface area (Å²) in [4.78, 5) is 12.1. The number of fused-ring (bicyclic) bond motifs is 1. The molecule has 0 spiro atoms. The highest BCUT2D eigenvalue weighted by atomic mass is 16.7. The van der Waals surface area contributed by atoms with Gasteiger partial charge in [0.15, 0.2) is 13.6 Å². The lowest BCUT2D eigenvalue weighted by Crippen LogP contribution is -2.26. The SMILES string of the molecule is COCOc1cc2c(c(OCOC)c1C)C(=O)OC(C)C2. The Labute approximate surface area is 123 Å². The first-order chi connectivity index (χ1) is 10.1. The summed E-state index contributed by atoms with van der Waals surface area (Å²) in [6.07, 6.45) is 0.451. The summed E-state index contributed by atoms with van der Waals surface area (Å²) in [6.45, 7) is 3.85. The van der Waals surface area contributed by atoms with Crippen LogP contribution in [-0.4, -0.2) is 39.9 Å². The Morgan fingerprint density at radius 1 is 1.24 bits per heavy atom. The van der Waals surface area contributed by atoms with E-state index < -0.39 is 0 Å². The molecule has 0 radical (unpaired) electrons. The maximum absolute atomic E-state index is 12.1. The Kier molecular flexibility index (Phi) is 5.03. The maximum Gasteiger partial charge on any atom is 0.342 e. The Morgan fingerprint density at radius 3 is 2.57 bits per heavy atom. The predicted molar refractivity (Wildman–Crippen MR) is 74.8 cm³/mol. The number of methoxy groups -OCH3 is 2. The van der Waals surface area contributed by atoms with E-state index in [4.69, 9.17) is 23.7 Å². The number of ether oxygens (including phenoxy) is 5. The van der Waals surface area contributed by atoms with E-state index in [1.54, 1.807) is 7.11 Å². The standard InChI is InChI=1S/C15H20O6/c1-9-5-11-6-12(19-7-17-3)10(2)14(20-8-18-4)13(11)15(16)21-9/h6,9H,5,7-8H2,1-4H3. The zero-order valence-electron chi connectivity index (χ0n) is 12.7. The molecule has 2 rings (SSSR count). The summed E-state index contributed by atoms with van der Waals surface area (Å²) in [6, 6.07) is 1.85. The molecule has 0 saturated heterocycles. The van der Waals surface area contributed by atoms with E-state index in [-0.39, 0.29) is 25.7 Å². The fourth-order valence-electron chi connectivity index (χ4n) is 2.33. The van der Waals surface area contributed by atoms with Gasteiger partial charge in [-0.15, -0.1) is 0 Å². The minimum absolute atomic E-state index is 0.0455. The molecule has 116 valence electrons. The molecule has 6 heteroatoms. The fraction of sp³-hybridized carbons (Fsp3) is 0.533. The number of cyclic esters (lactones) is 1. The Bertz CT molecular complexity index is 525. The summed E-state index contributed by atoms with van der Waals surface area (Å²) in [5, 5.41) is 0. The van der Waals surface area contributed by atoms with Crippen molar-refractivity contribution in [2.75, 3.05) is 27.8 Å². The van der Waals surface area contributed by atoms with Crippen LogP contribution >= 0.6 is 0 Å². The van der Waals surface area contributed by atoms with E-state index in [0.717, 1.165) is 5.56 Å². The number of hydrogen-bond donors (Lipinski definition) is 0. The van der Waals surface area contributed by atoms with Crippen LogP contribution in [0.4, 0.5) is 0 Å². The number of hydrogen-bond acceptors (Lipinski definition) is 6. The molecule has 0 fully saturated rings. The van der Waals surface area contributed by atoms with E-state index in [9.17, 15) is 4.79 Å². The third kappa shape index (κ3) is 3.28. The predicted octanol–water partition coefficient (Wildman–Crippen LogP) is 2.06. The molecular formula is C15H20O6. The maximum atomic E-state index is 12.1. The third-order valence-electron chi connectivity index (χ3n) is 3.24. The van der Waals surface area contributed by atoms with Crippen LogP contribution in [0.3, 0.4) is 0 Å². The van der Waals surface area contributed by atoms with E-state index in [1.165, 1.54) is 7.11 Å². The van der Waals surface area contributed by atoms with E-state index in [2.05, 4.69) is 0 Å². The topological polar surface area (TPSA) is 63.2 Å². The van der Waals surface area contributed by atoms with Crippen LogP contribution in [0.15, 0.2) is 6.07 Å². The van der Waals surface area contributed by atoms with E-state index >= 15 is 0 Å². The summed E-state index contributed by atoms with van der Waals surface area (Å²) in [7, 11) is 3.07. The molecule has 0 N–H and O–H groups in total. The van der Waals surface area contributed by atoms with Crippen molar-refractivity contribution in [1.29, 1.82) is 0 Å². The van der Waals surface area contributed by atoms with Gasteiger partial charge in [-0.3, -0.25) is 0 Å². The fourth-order valence-corrected chi connectivity index (χ4v) is 2.33. The number of carbonyl (C=O) groups is 1. The van der Waals surface area contributed by atoms with Crippen molar-refractivity contribution >= 4 is 5.97 Å². The quantitative estimate of drug-likeness (QED) is 0.591. The van der Waals surface area contributed by atoms with Gasteiger partial charge in [-0.2, -0.15) is 0 Å². The molecule has 1 atom stereocenters. The minimum atomic E-state index is -0.378. The van der Waals surface area contributed by atoms with E-state index in [1.807, 2.05) is 19.9 Å². The number of esters is 1. The molecule has 21 heavy (non-hydrogen) atoms. The van der Waals surface area contributed by atoms with Crippen LogP contribution in [0.5, 0.6) is 11.5 Å². The van der Waals surface area contributed by atoms with Gasteiger partial charge in [0.2, 0.25) is 0 Å². The van der Waals surface area contributed by atoms with Crippen molar-refractivity contribution in [2.45, 2.75) is 26.4 Å².